The van der Waals surface area contributed by atoms with Crippen LogP contribution in [0.15, 0.2) is 66.1 Å². The average molecular weight is 415 g/mol. The van der Waals surface area contributed by atoms with Gasteiger partial charge in [0.05, 0.1) is 4.90 Å². The number of ether oxygens (including phenoxy) is 1. The van der Waals surface area contributed by atoms with E-state index in [0.29, 0.717) is 36.7 Å². The van der Waals surface area contributed by atoms with Crippen molar-refractivity contribution in [3.63, 3.8) is 0 Å². The summed E-state index contributed by atoms with van der Waals surface area (Å²) in [5.74, 6) is 0.311. The zero-order valence-corrected chi connectivity index (χ0v) is 17.2. The Morgan fingerprint density at radius 2 is 1.76 bits per heavy atom. The molecule has 2 aromatic rings. The van der Waals surface area contributed by atoms with Gasteiger partial charge in [0, 0.05) is 24.3 Å². The maximum atomic E-state index is 13.0. The molecule has 1 aliphatic heterocycles. The number of carbonyl (C=O) groups excluding carboxylic acids is 1. The Labute approximate surface area is 172 Å². The molecule has 0 saturated carbocycles. The third-order valence-electron chi connectivity index (χ3n) is 4.78. The van der Waals surface area contributed by atoms with E-state index in [1.54, 1.807) is 48.5 Å². The van der Waals surface area contributed by atoms with Gasteiger partial charge in [0.15, 0.2) is 0 Å². The third kappa shape index (κ3) is 5.46. The topological polar surface area (TPSA) is 75.7 Å². The van der Waals surface area contributed by atoms with E-state index in [0.717, 1.165) is 25.7 Å². The Morgan fingerprint density at radius 1 is 1.07 bits per heavy atom. The van der Waals surface area contributed by atoms with Gasteiger partial charge in [-0.05, 0) is 55.3 Å². The standard InChI is InChI=1S/C22H26N2O4S/c1-2-16-28-20-12-10-19(11-13-20)23-22(25)18-8-7-9-21(17-18)29(26,27)24-14-5-3-4-6-15-24/h2,7-13,17H,1,3-6,14-16H2,(H,23,25). The molecule has 1 fully saturated rings. The number of anilines is 1. The molecule has 0 atom stereocenters. The van der Waals surface area contributed by atoms with Crippen molar-refractivity contribution in [2.45, 2.75) is 30.6 Å². The molecule has 29 heavy (non-hydrogen) atoms. The second-order valence-corrected chi connectivity index (χ2v) is 8.86. The van der Waals surface area contributed by atoms with Gasteiger partial charge in [-0.25, -0.2) is 8.42 Å². The fraction of sp³-hybridized carbons (Fsp3) is 0.318. The Hall–Kier alpha value is -2.64. The van der Waals surface area contributed by atoms with Gasteiger partial charge in [-0.2, -0.15) is 4.31 Å². The summed E-state index contributed by atoms with van der Waals surface area (Å²) < 4.78 is 32.9. The first-order valence-corrected chi connectivity index (χ1v) is 11.2. The summed E-state index contributed by atoms with van der Waals surface area (Å²) >= 11 is 0. The van der Waals surface area contributed by atoms with Crippen LogP contribution in [0.1, 0.15) is 36.0 Å². The Balaban J connectivity index is 1.72. The van der Waals surface area contributed by atoms with E-state index in [2.05, 4.69) is 11.9 Å². The van der Waals surface area contributed by atoms with E-state index in [-0.39, 0.29) is 10.8 Å². The van der Waals surface area contributed by atoms with Crippen molar-refractivity contribution in [2.75, 3.05) is 25.0 Å². The number of rotatable bonds is 7. The maximum Gasteiger partial charge on any atom is 0.255 e. The van der Waals surface area contributed by atoms with Gasteiger partial charge in [-0.1, -0.05) is 31.6 Å². The highest BCUT2D eigenvalue weighted by Crippen LogP contribution is 2.22. The van der Waals surface area contributed by atoms with Crippen molar-refractivity contribution in [1.82, 2.24) is 4.31 Å². The highest BCUT2D eigenvalue weighted by atomic mass is 32.2. The number of carbonyl (C=O) groups is 1. The SMILES string of the molecule is C=CCOc1ccc(NC(=O)c2cccc(S(=O)(=O)N3CCCCCC3)c2)cc1. The van der Waals surface area contributed by atoms with Gasteiger partial charge in [-0.3, -0.25) is 4.79 Å². The minimum Gasteiger partial charge on any atom is -0.490 e. The van der Waals surface area contributed by atoms with Crippen LogP contribution in [-0.2, 0) is 10.0 Å². The lowest BCUT2D eigenvalue weighted by Crippen LogP contribution is -2.32. The molecule has 0 unspecified atom stereocenters. The number of amides is 1. The number of nitrogens with one attached hydrogen (secondary N) is 1. The van der Waals surface area contributed by atoms with Crippen molar-refractivity contribution in [1.29, 1.82) is 0 Å². The number of hydrogen-bond acceptors (Lipinski definition) is 4. The first-order valence-electron chi connectivity index (χ1n) is 9.76. The van der Waals surface area contributed by atoms with Crippen LogP contribution in [0.3, 0.4) is 0 Å². The zero-order chi connectivity index (χ0) is 20.7. The second kappa shape index (κ2) is 9.71. The largest absolute Gasteiger partial charge is 0.490 e. The fourth-order valence-electron chi connectivity index (χ4n) is 3.22. The van der Waals surface area contributed by atoms with Gasteiger partial charge in [0.25, 0.3) is 5.91 Å². The lowest BCUT2D eigenvalue weighted by atomic mass is 10.2. The van der Waals surface area contributed by atoms with Gasteiger partial charge < -0.3 is 10.1 Å². The molecule has 1 saturated heterocycles. The second-order valence-electron chi connectivity index (χ2n) is 6.92. The van der Waals surface area contributed by atoms with Crippen LogP contribution in [0.5, 0.6) is 5.75 Å². The molecule has 1 N–H and O–H groups in total. The first-order chi connectivity index (χ1) is 14.0. The lowest BCUT2D eigenvalue weighted by molar-refractivity contribution is 0.102. The van der Waals surface area contributed by atoms with Crippen LogP contribution < -0.4 is 10.1 Å². The Morgan fingerprint density at radius 3 is 2.41 bits per heavy atom. The molecule has 1 heterocycles. The molecule has 7 heteroatoms. The molecule has 0 aromatic heterocycles. The summed E-state index contributed by atoms with van der Waals surface area (Å²) in [7, 11) is -3.60. The minimum atomic E-state index is -3.60. The predicted octanol–water partition coefficient (Wildman–Crippen LogP) is 4.07. The summed E-state index contributed by atoms with van der Waals surface area (Å²) in [5.41, 5.74) is 0.898. The van der Waals surface area contributed by atoms with E-state index in [1.807, 2.05) is 0 Å². The molecule has 0 aliphatic carbocycles. The van der Waals surface area contributed by atoms with Gasteiger partial charge in [-0.15, -0.1) is 0 Å². The highest BCUT2D eigenvalue weighted by molar-refractivity contribution is 7.89. The monoisotopic (exact) mass is 414 g/mol. The van der Waals surface area contributed by atoms with Crippen LogP contribution in [0.4, 0.5) is 5.69 Å². The zero-order valence-electron chi connectivity index (χ0n) is 16.3. The molecule has 154 valence electrons. The molecule has 2 aromatic carbocycles. The van der Waals surface area contributed by atoms with Gasteiger partial charge >= 0.3 is 0 Å². The summed E-state index contributed by atoms with van der Waals surface area (Å²) in [6.45, 7) is 5.06. The van der Waals surface area contributed by atoms with Crippen molar-refractivity contribution < 1.29 is 17.9 Å². The van der Waals surface area contributed by atoms with E-state index >= 15 is 0 Å². The van der Waals surface area contributed by atoms with Crippen LogP contribution in [-0.4, -0.2) is 38.3 Å². The maximum absolute atomic E-state index is 13.0. The van der Waals surface area contributed by atoms with Crippen LogP contribution in [0.25, 0.3) is 0 Å². The van der Waals surface area contributed by atoms with Crippen molar-refractivity contribution in [3.05, 3.63) is 66.7 Å². The first kappa shape index (κ1) is 21.1. The van der Waals surface area contributed by atoms with E-state index in [1.165, 1.54) is 10.4 Å². The quantitative estimate of drug-likeness (QED) is 0.693. The fourth-order valence-corrected chi connectivity index (χ4v) is 4.79. The summed E-state index contributed by atoms with van der Waals surface area (Å²) in [4.78, 5) is 12.8. The summed E-state index contributed by atoms with van der Waals surface area (Å²) in [5, 5.41) is 2.79. The van der Waals surface area contributed by atoms with Crippen LogP contribution in [0.2, 0.25) is 0 Å². The summed E-state index contributed by atoms with van der Waals surface area (Å²) in [6, 6.07) is 13.2. The molecule has 6 nitrogen and oxygen atoms in total. The number of benzene rings is 2. The highest BCUT2D eigenvalue weighted by Gasteiger charge is 2.25. The minimum absolute atomic E-state index is 0.153. The van der Waals surface area contributed by atoms with E-state index in [4.69, 9.17) is 4.74 Å². The Bertz CT molecular complexity index is 947. The summed E-state index contributed by atoms with van der Waals surface area (Å²) in [6.07, 6.45) is 5.48. The average Bonchev–Trinajstić information content (AvgIpc) is 3.03. The smallest absolute Gasteiger partial charge is 0.255 e. The molecule has 1 aliphatic rings. The van der Waals surface area contributed by atoms with Crippen LogP contribution in [0, 0.1) is 0 Å². The van der Waals surface area contributed by atoms with Gasteiger partial charge in [0.1, 0.15) is 12.4 Å². The number of hydrogen-bond donors (Lipinski definition) is 1. The molecule has 0 bridgehead atoms. The van der Waals surface area contributed by atoms with Crippen molar-refractivity contribution >= 4 is 21.6 Å². The lowest BCUT2D eigenvalue weighted by Gasteiger charge is -2.20. The predicted molar refractivity (Wildman–Crippen MR) is 114 cm³/mol. The third-order valence-corrected chi connectivity index (χ3v) is 6.67. The number of nitrogens with zero attached hydrogens (tertiary/aromatic N) is 1. The Kier molecular flexibility index (Phi) is 7.06. The molecular weight excluding hydrogens is 388 g/mol. The molecule has 0 spiro atoms. The molecule has 1 amide bonds. The van der Waals surface area contributed by atoms with Crippen molar-refractivity contribution in [2.24, 2.45) is 0 Å². The van der Waals surface area contributed by atoms with Crippen LogP contribution >= 0.6 is 0 Å². The van der Waals surface area contributed by atoms with E-state index in [9.17, 15) is 13.2 Å². The van der Waals surface area contributed by atoms with Crippen molar-refractivity contribution in [3.8, 4) is 5.75 Å². The normalized spacial score (nSPS) is 15.3. The molecular formula is C22H26N2O4S. The molecule has 0 radical (unpaired) electrons. The number of sulfonamides is 1. The molecule has 3 rings (SSSR count). The van der Waals surface area contributed by atoms with E-state index < -0.39 is 10.0 Å². The van der Waals surface area contributed by atoms with Gasteiger partial charge in [0.2, 0.25) is 10.0 Å².